The predicted molar refractivity (Wildman–Crippen MR) is 92.0 cm³/mol. The van der Waals surface area contributed by atoms with E-state index in [4.69, 9.17) is 0 Å². The summed E-state index contributed by atoms with van der Waals surface area (Å²) < 4.78 is 2.53. The summed E-state index contributed by atoms with van der Waals surface area (Å²) in [5, 5.41) is 0.450. The highest BCUT2D eigenvalue weighted by molar-refractivity contribution is 5.94. The van der Waals surface area contributed by atoms with Crippen LogP contribution in [0.25, 0.3) is 22.2 Å². The van der Waals surface area contributed by atoms with Gasteiger partial charge < -0.3 is 4.90 Å². The fourth-order valence-electron chi connectivity index (χ4n) is 2.62. The fourth-order valence-corrected chi connectivity index (χ4v) is 2.62. The molecule has 1 aromatic carbocycles. The average molecular weight is 310 g/mol. The molecule has 0 bridgehead atoms. The van der Waals surface area contributed by atoms with E-state index in [1.165, 1.54) is 11.6 Å². The van der Waals surface area contributed by atoms with Crippen molar-refractivity contribution in [3.63, 3.8) is 0 Å². The molecular weight excluding hydrogens is 292 g/mol. The predicted octanol–water partition coefficient (Wildman–Crippen LogP) is 1.37. The largest absolute Gasteiger partial charge is 0.363 e. The van der Waals surface area contributed by atoms with Crippen LogP contribution < -0.4 is 16.1 Å². The Hall–Kier alpha value is -2.89. The van der Waals surface area contributed by atoms with Crippen molar-refractivity contribution in [1.29, 1.82) is 0 Å². The van der Waals surface area contributed by atoms with E-state index >= 15 is 0 Å². The third-order valence-corrected chi connectivity index (χ3v) is 3.94. The second-order valence-electron chi connectivity index (χ2n) is 5.69. The van der Waals surface area contributed by atoms with Crippen molar-refractivity contribution in [1.82, 2.24) is 14.1 Å². The van der Waals surface area contributed by atoms with Gasteiger partial charge in [0.1, 0.15) is 5.82 Å². The Morgan fingerprint density at radius 3 is 2.26 bits per heavy atom. The summed E-state index contributed by atoms with van der Waals surface area (Å²) in [5.41, 5.74) is 1.36. The summed E-state index contributed by atoms with van der Waals surface area (Å²) in [5.74, 6) is 0.694. The van der Waals surface area contributed by atoms with Gasteiger partial charge in [-0.05, 0) is 11.6 Å². The lowest BCUT2D eigenvalue weighted by Gasteiger charge is -2.17. The number of aryl methyl sites for hydroxylation is 1. The van der Waals surface area contributed by atoms with E-state index in [0.717, 1.165) is 15.7 Å². The molecule has 0 spiro atoms. The molecule has 0 N–H and O–H groups in total. The molecule has 0 aliphatic heterocycles. The van der Waals surface area contributed by atoms with E-state index in [0.29, 0.717) is 16.9 Å². The molecule has 0 saturated heterocycles. The topological polar surface area (TPSA) is 60.1 Å². The quantitative estimate of drug-likeness (QED) is 0.717. The van der Waals surface area contributed by atoms with Crippen molar-refractivity contribution < 1.29 is 0 Å². The molecule has 23 heavy (non-hydrogen) atoms. The summed E-state index contributed by atoms with van der Waals surface area (Å²) in [6.45, 7) is 0. The van der Waals surface area contributed by atoms with Crippen molar-refractivity contribution in [3.8, 4) is 11.1 Å². The summed E-state index contributed by atoms with van der Waals surface area (Å²) in [6, 6.07) is 11.5. The summed E-state index contributed by atoms with van der Waals surface area (Å²) in [4.78, 5) is 31.2. The molecular formula is C17H18N4O2. The van der Waals surface area contributed by atoms with E-state index in [9.17, 15) is 9.59 Å². The Morgan fingerprint density at radius 2 is 1.65 bits per heavy atom. The van der Waals surface area contributed by atoms with Gasteiger partial charge in [0.2, 0.25) is 0 Å². The minimum atomic E-state index is -0.384. The average Bonchev–Trinajstić information content (AvgIpc) is 2.57. The van der Waals surface area contributed by atoms with Gasteiger partial charge in [-0.1, -0.05) is 30.3 Å². The zero-order valence-corrected chi connectivity index (χ0v) is 13.6. The Balaban J connectivity index is 2.57. The van der Waals surface area contributed by atoms with Crippen LogP contribution in [-0.2, 0) is 14.1 Å². The molecule has 0 radical (unpaired) electrons. The molecule has 3 aromatic rings. The molecule has 0 saturated carbocycles. The molecule has 0 fully saturated rings. The molecule has 2 aromatic heterocycles. The zero-order valence-electron chi connectivity index (χ0n) is 13.6. The second-order valence-corrected chi connectivity index (χ2v) is 5.69. The van der Waals surface area contributed by atoms with Crippen LogP contribution in [0.1, 0.15) is 0 Å². The Bertz CT molecular complexity index is 1000. The number of benzene rings is 1. The molecule has 6 heteroatoms. The van der Waals surface area contributed by atoms with E-state index in [1.807, 2.05) is 55.4 Å². The molecule has 0 amide bonds. The summed E-state index contributed by atoms with van der Waals surface area (Å²) in [7, 11) is 6.87. The minimum Gasteiger partial charge on any atom is -0.363 e. The van der Waals surface area contributed by atoms with Crippen LogP contribution in [0.3, 0.4) is 0 Å². The van der Waals surface area contributed by atoms with Gasteiger partial charge in [-0.25, -0.2) is 9.78 Å². The van der Waals surface area contributed by atoms with Crippen molar-refractivity contribution >= 4 is 16.9 Å². The lowest BCUT2D eigenvalue weighted by molar-refractivity contribution is 0.707. The monoisotopic (exact) mass is 310 g/mol. The van der Waals surface area contributed by atoms with Gasteiger partial charge in [0.25, 0.3) is 5.56 Å². The van der Waals surface area contributed by atoms with E-state index in [-0.39, 0.29) is 11.2 Å². The first-order chi connectivity index (χ1) is 10.9. The first-order valence-corrected chi connectivity index (χ1v) is 7.25. The van der Waals surface area contributed by atoms with Crippen LogP contribution >= 0.6 is 0 Å². The SMILES string of the molecule is CN(C)c1cc(-c2ccccc2)c2c(=O)n(C)c(=O)n(C)c2n1. The Morgan fingerprint density at radius 1 is 1.00 bits per heavy atom. The van der Waals surface area contributed by atoms with Gasteiger partial charge in [-0.3, -0.25) is 13.9 Å². The van der Waals surface area contributed by atoms with E-state index < -0.39 is 0 Å². The fraction of sp³-hybridized carbons (Fsp3) is 0.235. The van der Waals surface area contributed by atoms with E-state index in [2.05, 4.69) is 4.98 Å². The van der Waals surface area contributed by atoms with Gasteiger partial charge in [0.15, 0.2) is 5.65 Å². The zero-order chi connectivity index (χ0) is 16.7. The van der Waals surface area contributed by atoms with Crippen molar-refractivity contribution in [3.05, 3.63) is 57.2 Å². The van der Waals surface area contributed by atoms with Crippen LogP contribution in [0.4, 0.5) is 5.82 Å². The second kappa shape index (κ2) is 5.39. The Kier molecular flexibility index (Phi) is 3.52. The first-order valence-electron chi connectivity index (χ1n) is 7.25. The molecule has 3 rings (SSSR count). The number of pyridine rings is 1. The number of fused-ring (bicyclic) bond motifs is 1. The smallest absolute Gasteiger partial charge is 0.332 e. The van der Waals surface area contributed by atoms with Crippen molar-refractivity contribution in [2.24, 2.45) is 14.1 Å². The van der Waals surface area contributed by atoms with Crippen LogP contribution in [0.5, 0.6) is 0 Å². The molecule has 6 nitrogen and oxygen atoms in total. The third kappa shape index (κ3) is 2.32. The van der Waals surface area contributed by atoms with Gasteiger partial charge in [0, 0.05) is 33.8 Å². The minimum absolute atomic E-state index is 0.334. The molecule has 0 unspecified atom stereocenters. The first kappa shape index (κ1) is 15.0. The lowest BCUT2D eigenvalue weighted by atomic mass is 10.0. The maximum absolute atomic E-state index is 12.7. The Labute approximate surface area is 133 Å². The van der Waals surface area contributed by atoms with E-state index in [1.54, 1.807) is 7.05 Å². The number of anilines is 1. The number of aromatic nitrogens is 3. The van der Waals surface area contributed by atoms with Crippen LogP contribution in [0.2, 0.25) is 0 Å². The van der Waals surface area contributed by atoms with Crippen LogP contribution in [0.15, 0.2) is 46.0 Å². The van der Waals surface area contributed by atoms with Gasteiger partial charge in [-0.15, -0.1) is 0 Å². The number of hydrogen-bond donors (Lipinski definition) is 0. The van der Waals surface area contributed by atoms with Crippen LogP contribution in [0, 0.1) is 0 Å². The van der Waals surface area contributed by atoms with Crippen LogP contribution in [-0.4, -0.2) is 28.2 Å². The maximum atomic E-state index is 12.7. The highest BCUT2D eigenvalue weighted by Gasteiger charge is 2.17. The van der Waals surface area contributed by atoms with Crippen molar-refractivity contribution in [2.75, 3.05) is 19.0 Å². The molecule has 0 aliphatic carbocycles. The van der Waals surface area contributed by atoms with Gasteiger partial charge in [-0.2, -0.15) is 0 Å². The van der Waals surface area contributed by atoms with Gasteiger partial charge in [0.05, 0.1) is 5.39 Å². The number of hydrogen-bond acceptors (Lipinski definition) is 4. The highest BCUT2D eigenvalue weighted by Crippen LogP contribution is 2.28. The summed E-state index contributed by atoms with van der Waals surface area (Å²) in [6.07, 6.45) is 0. The lowest BCUT2D eigenvalue weighted by Crippen LogP contribution is -2.37. The molecule has 0 aliphatic rings. The number of rotatable bonds is 2. The third-order valence-electron chi connectivity index (χ3n) is 3.94. The van der Waals surface area contributed by atoms with Gasteiger partial charge >= 0.3 is 5.69 Å². The summed E-state index contributed by atoms with van der Waals surface area (Å²) >= 11 is 0. The molecule has 118 valence electrons. The van der Waals surface area contributed by atoms with Crippen molar-refractivity contribution in [2.45, 2.75) is 0 Å². The molecule has 2 heterocycles. The molecule has 0 atom stereocenters. The maximum Gasteiger partial charge on any atom is 0.332 e. The highest BCUT2D eigenvalue weighted by atomic mass is 16.2. The normalized spacial score (nSPS) is 11.0. The number of nitrogens with zero attached hydrogens (tertiary/aromatic N) is 4. The standard InChI is InChI=1S/C17H18N4O2/c1-19(2)13-10-12(11-8-6-5-7-9-11)14-15(18-13)20(3)17(23)21(4)16(14)22/h5-10H,1-4H3.